The molecule has 4 bridgehead atoms. The molecule has 146 valence electrons. The molecule has 28 heavy (non-hydrogen) atoms. The molecule has 2 N–H and O–H groups in total. The molecule has 1 aromatic carbocycles. The Morgan fingerprint density at radius 1 is 1.25 bits per heavy atom. The maximum Gasteiger partial charge on any atom is 0.165 e. The van der Waals surface area contributed by atoms with E-state index in [2.05, 4.69) is 39.5 Å². The van der Waals surface area contributed by atoms with E-state index in [1.54, 1.807) is 22.8 Å². The van der Waals surface area contributed by atoms with Crippen molar-refractivity contribution < 1.29 is 9.13 Å². The number of anilines is 1. The Balaban J connectivity index is 1.61. The molecular weight excluding hydrogens is 359 g/mol. The van der Waals surface area contributed by atoms with Crippen LogP contribution in [0.25, 0.3) is 16.8 Å². The van der Waals surface area contributed by atoms with Crippen molar-refractivity contribution in [2.75, 3.05) is 31.5 Å². The summed E-state index contributed by atoms with van der Waals surface area (Å²) in [6.07, 6.45) is 3.35. The van der Waals surface area contributed by atoms with E-state index in [1.807, 2.05) is 12.3 Å². The van der Waals surface area contributed by atoms with Crippen molar-refractivity contribution in [1.82, 2.24) is 24.8 Å². The minimum absolute atomic E-state index is 0.00370. The molecule has 0 spiro atoms. The molecular formula is C20H23FN6O. The average Bonchev–Trinajstić information content (AvgIpc) is 3.07. The van der Waals surface area contributed by atoms with Gasteiger partial charge >= 0.3 is 0 Å². The molecule has 8 heteroatoms. The van der Waals surface area contributed by atoms with Gasteiger partial charge in [0.1, 0.15) is 17.4 Å². The summed E-state index contributed by atoms with van der Waals surface area (Å²) in [6, 6.07) is 6.75. The second-order valence-corrected chi connectivity index (χ2v) is 8.02. The molecule has 1 atom stereocenters. The molecule has 5 rings (SSSR count). The van der Waals surface area contributed by atoms with Crippen LogP contribution >= 0.6 is 0 Å². The Bertz CT molecular complexity index is 1030. The standard InChI is InChI=1S/C20H23FN6O/c1-20(2)12-26-8-6-22-17-5-7-27-19(25-17)15(10-24-27)14-9-13(3-4-16(14)21)28-18(26)11-23-20/h3-5,7,9-10,18,23H,6,8,11-12H2,1-2H3,(H,22,25). The predicted molar refractivity (Wildman–Crippen MR) is 105 cm³/mol. The van der Waals surface area contributed by atoms with E-state index >= 15 is 0 Å². The normalized spacial score (nSPS) is 21.8. The van der Waals surface area contributed by atoms with Crippen LogP contribution in [0.15, 0.2) is 36.7 Å². The highest BCUT2D eigenvalue weighted by atomic mass is 19.1. The first kappa shape index (κ1) is 17.4. The third-order valence-corrected chi connectivity index (χ3v) is 5.34. The first-order chi connectivity index (χ1) is 13.5. The van der Waals surface area contributed by atoms with Gasteiger partial charge in [-0.15, -0.1) is 0 Å². The fraction of sp³-hybridized carbons (Fsp3) is 0.400. The summed E-state index contributed by atoms with van der Waals surface area (Å²) in [5.74, 6) is 1.06. The molecule has 2 aromatic heterocycles. The smallest absolute Gasteiger partial charge is 0.165 e. The van der Waals surface area contributed by atoms with Crippen LogP contribution in [0.1, 0.15) is 13.8 Å². The zero-order valence-electron chi connectivity index (χ0n) is 15.9. The van der Waals surface area contributed by atoms with Gasteiger partial charge in [0.15, 0.2) is 11.9 Å². The van der Waals surface area contributed by atoms with Crippen LogP contribution in [0.5, 0.6) is 5.75 Å². The number of nitrogens with zero attached hydrogens (tertiary/aromatic N) is 4. The second-order valence-electron chi connectivity index (χ2n) is 8.02. The molecule has 2 aliphatic heterocycles. The number of piperazine rings is 1. The van der Waals surface area contributed by atoms with Gasteiger partial charge in [-0.3, -0.25) is 4.90 Å². The number of hydrogen-bond acceptors (Lipinski definition) is 6. The van der Waals surface area contributed by atoms with E-state index in [0.717, 1.165) is 25.5 Å². The van der Waals surface area contributed by atoms with Gasteiger partial charge in [-0.05, 0) is 38.1 Å². The number of hydrogen-bond donors (Lipinski definition) is 2. The lowest BCUT2D eigenvalue weighted by molar-refractivity contribution is -0.0212. The molecule has 4 heterocycles. The summed E-state index contributed by atoms with van der Waals surface area (Å²) >= 11 is 0. The number of benzene rings is 1. The summed E-state index contributed by atoms with van der Waals surface area (Å²) in [6.45, 7) is 7.46. The summed E-state index contributed by atoms with van der Waals surface area (Å²) in [5.41, 5.74) is 1.70. The van der Waals surface area contributed by atoms with Gasteiger partial charge in [0.05, 0.1) is 6.20 Å². The molecule has 0 saturated carbocycles. The molecule has 1 unspecified atom stereocenters. The Kier molecular flexibility index (Phi) is 3.99. The average molecular weight is 382 g/mol. The molecule has 7 nitrogen and oxygen atoms in total. The Hall–Kier alpha value is -2.71. The summed E-state index contributed by atoms with van der Waals surface area (Å²) in [5, 5.41) is 11.2. The number of aromatic nitrogens is 3. The third kappa shape index (κ3) is 3.08. The fourth-order valence-electron chi connectivity index (χ4n) is 3.92. The highest BCUT2D eigenvalue weighted by molar-refractivity contribution is 5.78. The molecule has 1 saturated heterocycles. The van der Waals surface area contributed by atoms with Gasteiger partial charge in [0.25, 0.3) is 0 Å². The van der Waals surface area contributed by atoms with Crippen molar-refractivity contribution in [2.45, 2.75) is 25.6 Å². The van der Waals surface area contributed by atoms with Gasteiger partial charge in [-0.1, -0.05) is 0 Å². The molecule has 3 aromatic rings. The lowest BCUT2D eigenvalue weighted by Crippen LogP contribution is -2.63. The summed E-state index contributed by atoms with van der Waals surface area (Å²) in [7, 11) is 0. The van der Waals surface area contributed by atoms with Crippen molar-refractivity contribution in [1.29, 1.82) is 0 Å². The van der Waals surface area contributed by atoms with Crippen molar-refractivity contribution in [2.24, 2.45) is 0 Å². The van der Waals surface area contributed by atoms with E-state index < -0.39 is 0 Å². The minimum atomic E-state index is -0.322. The Morgan fingerprint density at radius 2 is 2.14 bits per heavy atom. The number of rotatable bonds is 0. The monoisotopic (exact) mass is 382 g/mol. The highest BCUT2D eigenvalue weighted by Crippen LogP contribution is 2.31. The van der Waals surface area contributed by atoms with Crippen LogP contribution in [0, 0.1) is 5.82 Å². The Morgan fingerprint density at radius 3 is 3.04 bits per heavy atom. The van der Waals surface area contributed by atoms with Gasteiger partial charge in [0.2, 0.25) is 0 Å². The summed E-state index contributed by atoms with van der Waals surface area (Å²) < 4.78 is 22.6. The van der Waals surface area contributed by atoms with Crippen LogP contribution < -0.4 is 15.4 Å². The van der Waals surface area contributed by atoms with Crippen molar-refractivity contribution in [3.63, 3.8) is 0 Å². The van der Waals surface area contributed by atoms with Crippen LogP contribution in [0.3, 0.4) is 0 Å². The SMILES string of the molecule is CC1(C)CN2CCNc3ccn4ncc(c4n3)-c3cc(ccc3F)OC2CN1. The van der Waals surface area contributed by atoms with Gasteiger partial charge in [0, 0.05) is 49.0 Å². The van der Waals surface area contributed by atoms with Crippen molar-refractivity contribution in [3.8, 4) is 16.9 Å². The largest absolute Gasteiger partial charge is 0.474 e. The second kappa shape index (κ2) is 6.42. The first-order valence-corrected chi connectivity index (χ1v) is 9.52. The lowest BCUT2D eigenvalue weighted by Gasteiger charge is -2.44. The molecule has 0 aliphatic carbocycles. The van der Waals surface area contributed by atoms with Gasteiger partial charge < -0.3 is 15.4 Å². The number of ether oxygens (including phenoxy) is 1. The van der Waals surface area contributed by atoms with E-state index in [9.17, 15) is 4.39 Å². The van der Waals surface area contributed by atoms with E-state index in [0.29, 0.717) is 29.1 Å². The number of fused-ring (bicyclic) bond motifs is 5. The van der Waals surface area contributed by atoms with Crippen LogP contribution in [0.2, 0.25) is 0 Å². The summed E-state index contributed by atoms with van der Waals surface area (Å²) in [4.78, 5) is 6.97. The lowest BCUT2D eigenvalue weighted by atomic mass is 10.0. The van der Waals surface area contributed by atoms with Gasteiger partial charge in [-0.2, -0.15) is 5.10 Å². The van der Waals surface area contributed by atoms with E-state index in [1.165, 1.54) is 6.07 Å². The minimum Gasteiger partial charge on any atom is -0.474 e. The highest BCUT2D eigenvalue weighted by Gasteiger charge is 2.33. The Labute approximate surface area is 162 Å². The maximum atomic E-state index is 14.7. The van der Waals surface area contributed by atoms with E-state index in [4.69, 9.17) is 4.74 Å². The van der Waals surface area contributed by atoms with E-state index in [-0.39, 0.29) is 17.6 Å². The topological polar surface area (TPSA) is 66.7 Å². The third-order valence-electron chi connectivity index (χ3n) is 5.34. The van der Waals surface area contributed by atoms with Crippen molar-refractivity contribution in [3.05, 3.63) is 42.5 Å². The zero-order chi connectivity index (χ0) is 19.3. The van der Waals surface area contributed by atoms with Crippen LogP contribution in [0.4, 0.5) is 10.2 Å². The molecule has 0 radical (unpaired) electrons. The maximum absolute atomic E-state index is 14.7. The van der Waals surface area contributed by atoms with Crippen LogP contribution in [-0.4, -0.2) is 57.4 Å². The fourth-order valence-corrected chi connectivity index (χ4v) is 3.92. The molecule has 0 amide bonds. The zero-order valence-corrected chi connectivity index (χ0v) is 15.9. The predicted octanol–water partition coefficient (Wildman–Crippen LogP) is 2.35. The molecule has 2 aliphatic rings. The van der Waals surface area contributed by atoms with Crippen molar-refractivity contribution >= 4 is 11.5 Å². The van der Waals surface area contributed by atoms with Gasteiger partial charge in [-0.25, -0.2) is 13.9 Å². The molecule has 1 fully saturated rings. The number of halogens is 1. The quantitative estimate of drug-likeness (QED) is 0.622. The number of nitrogens with one attached hydrogen (secondary N) is 2. The van der Waals surface area contributed by atoms with Crippen LogP contribution in [-0.2, 0) is 0 Å². The first-order valence-electron chi connectivity index (χ1n) is 9.52.